The van der Waals surface area contributed by atoms with Gasteiger partial charge < -0.3 is 5.73 Å². The SMILES string of the molecule is CC(N)(c1ccc(Cl)c(F)c1)C1CC1. The van der Waals surface area contributed by atoms with Gasteiger partial charge in [-0.05, 0) is 43.4 Å². The third-order valence-electron chi connectivity index (χ3n) is 2.97. The van der Waals surface area contributed by atoms with E-state index in [4.69, 9.17) is 17.3 Å². The molecule has 1 fully saturated rings. The second kappa shape index (κ2) is 3.21. The van der Waals surface area contributed by atoms with Gasteiger partial charge in [0.05, 0.1) is 5.02 Å². The van der Waals surface area contributed by atoms with Gasteiger partial charge in [0.2, 0.25) is 0 Å². The molecule has 1 aromatic rings. The normalized spacial score (nSPS) is 20.6. The lowest BCUT2D eigenvalue weighted by Gasteiger charge is -2.25. The van der Waals surface area contributed by atoms with Gasteiger partial charge >= 0.3 is 0 Å². The van der Waals surface area contributed by atoms with Crippen LogP contribution in [0.4, 0.5) is 4.39 Å². The first-order valence-corrected chi connectivity index (χ1v) is 5.14. The Balaban J connectivity index is 2.36. The maximum Gasteiger partial charge on any atom is 0.142 e. The first-order chi connectivity index (χ1) is 6.51. The summed E-state index contributed by atoms with van der Waals surface area (Å²) in [6.45, 7) is 1.95. The summed E-state index contributed by atoms with van der Waals surface area (Å²) in [5.41, 5.74) is 6.58. The first kappa shape index (κ1) is 9.94. The van der Waals surface area contributed by atoms with Gasteiger partial charge in [0.1, 0.15) is 5.82 Å². The monoisotopic (exact) mass is 213 g/mol. The highest BCUT2D eigenvalue weighted by molar-refractivity contribution is 6.30. The Labute approximate surface area is 88.1 Å². The molecule has 1 aliphatic rings. The van der Waals surface area contributed by atoms with Crippen molar-refractivity contribution in [1.29, 1.82) is 0 Å². The highest BCUT2D eigenvalue weighted by Crippen LogP contribution is 2.44. The highest BCUT2D eigenvalue weighted by Gasteiger charge is 2.39. The minimum Gasteiger partial charge on any atom is -0.321 e. The maximum atomic E-state index is 13.2. The largest absolute Gasteiger partial charge is 0.321 e. The number of rotatable bonds is 2. The number of benzene rings is 1. The Morgan fingerprint density at radius 3 is 2.64 bits per heavy atom. The molecular formula is C11H13ClFN. The topological polar surface area (TPSA) is 26.0 Å². The summed E-state index contributed by atoms with van der Waals surface area (Å²) >= 11 is 5.61. The molecule has 1 aromatic carbocycles. The van der Waals surface area contributed by atoms with Crippen molar-refractivity contribution in [2.24, 2.45) is 11.7 Å². The molecule has 0 spiro atoms. The summed E-state index contributed by atoms with van der Waals surface area (Å²) in [6, 6.07) is 4.82. The zero-order valence-corrected chi connectivity index (χ0v) is 8.81. The van der Waals surface area contributed by atoms with Gasteiger partial charge in [0, 0.05) is 5.54 Å². The van der Waals surface area contributed by atoms with E-state index in [2.05, 4.69) is 0 Å². The summed E-state index contributed by atoms with van der Waals surface area (Å²) in [5.74, 6) is 0.101. The maximum absolute atomic E-state index is 13.2. The van der Waals surface area contributed by atoms with Crippen LogP contribution in [-0.2, 0) is 5.54 Å². The lowest BCUT2D eigenvalue weighted by atomic mass is 9.88. The van der Waals surface area contributed by atoms with E-state index in [1.807, 2.05) is 13.0 Å². The van der Waals surface area contributed by atoms with E-state index in [0.29, 0.717) is 5.92 Å². The number of nitrogens with two attached hydrogens (primary N) is 1. The minimum absolute atomic E-state index is 0.153. The van der Waals surface area contributed by atoms with Crippen molar-refractivity contribution in [3.63, 3.8) is 0 Å². The van der Waals surface area contributed by atoms with E-state index >= 15 is 0 Å². The zero-order valence-electron chi connectivity index (χ0n) is 8.06. The molecule has 1 nitrogen and oxygen atoms in total. The minimum atomic E-state index is -0.411. The van der Waals surface area contributed by atoms with E-state index in [0.717, 1.165) is 18.4 Å². The second-order valence-electron chi connectivity index (χ2n) is 4.19. The first-order valence-electron chi connectivity index (χ1n) is 4.76. The lowest BCUT2D eigenvalue weighted by Crippen LogP contribution is -2.35. The van der Waals surface area contributed by atoms with Gasteiger partial charge in [-0.15, -0.1) is 0 Å². The molecule has 0 saturated heterocycles. The number of hydrogen-bond acceptors (Lipinski definition) is 1. The van der Waals surface area contributed by atoms with Gasteiger partial charge in [-0.25, -0.2) is 4.39 Å². The van der Waals surface area contributed by atoms with E-state index in [1.165, 1.54) is 6.07 Å². The van der Waals surface area contributed by atoms with E-state index in [-0.39, 0.29) is 10.8 Å². The smallest absolute Gasteiger partial charge is 0.142 e. The van der Waals surface area contributed by atoms with Crippen LogP contribution in [0.25, 0.3) is 0 Å². The van der Waals surface area contributed by atoms with Gasteiger partial charge in [-0.2, -0.15) is 0 Å². The fraction of sp³-hybridized carbons (Fsp3) is 0.455. The number of hydrogen-bond donors (Lipinski definition) is 1. The third kappa shape index (κ3) is 1.64. The van der Waals surface area contributed by atoms with Crippen molar-refractivity contribution in [1.82, 2.24) is 0 Å². The van der Waals surface area contributed by atoms with Crippen LogP contribution in [0.15, 0.2) is 18.2 Å². The number of halogens is 2. The average molecular weight is 214 g/mol. The van der Waals surface area contributed by atoms with Gasteiger partial charge in [0.25, 0.3) is 0 Å². The highest BCUT2D eigenvalue weighted by atomic mass is 35.5. The molecule has 0 bridgehead atoms. The Bertz CT molecular complexity index is 358. The van der Waals surface area contributed by atoms with Crippen LogP contribution in [-0.4, -0.2) is 0 Å². The molecule has 2 N–H and O–H groups in total. The molecule has 0 radical (unpaired) electrons. The molecule has 1 aliphatic carbocycles. The summed E-state index contributed by atoms with van der Waals surface area (Å²) in [6.07, 6.45) is 2.27. The van der Waals surface area contributed by atoms with Crippen LogP contribution in [0.3, 0.4) is 0 Å². The van der Waals surface area contributed by atoms with Crippen LogP contribution >= 0.6 is 11.6 Å². The Morgan fingerprint density at radius 1 is 1.50 bits per heavy atom. The van der Waals surface area contributed by atoms with E-state index in [1.54, 1.807) is 6.07 Å². The molecular weight excluding hydrogens is 201 g/mol. The molecule has 0 aromatic heterocycles. The van der Waals surface area contributed by atoms with Crippen molar-refractivity contribution in [3.05, 3.63) is 34.6 Å². The van der Waals surface area contributed by atoms with Crippen LogP contribution in [0.5, 0.6) is 0 Å². The van der Waals surface area contributed by atoms with Gasteiger partial charge in [0.15, 0.2) is 0 Å². The molecule has 0 amide bonds. The van der Waals surface area contributed by atoms with Crippen molar-refractivity contribution >= 4 is 11.6 Å². The average Bonchev–Trinajstić information content (AvgIpc) is 2.92. The molecule has 1 unspecified atom stereocenters. The summed E-state index contributed by atoms with van der Waals surface area (Å²) in [7, 11) is 0. The molecule has 2 rings (SSSR count). The standard InChI is InChI=1S/C11H13ClFN/c1-11(14,7-2-3-7)8-4-5-9(12)10(13)6-8/h4-7H,2-3,14H2,1H3. The molecule has 0 heterocycles. The van der Waals surface area contributed by atoms with Crippen LogP contribution < -0.4 is 5.73 Å². The van der Waals surface area contributed by atoms with Crippen molar-refractivity contribution in [2.45, 2.75) is 25.3 Å². The van der Waals surface area contributed by atoms with Crippen LogP contribution in [0.2, 0.25) is 5.02 Å². The molecule has 3 heteroatoms. The summed E-state index contributed by atoms with van der Waals surface area (Å²) < 4.78 is 13.2. The van der Waals surface area contributed by atoms with Gasteiger partial charge in [-0.3, -0.25) is 0 Å². The van der Waals surface area contributed by atoms with Crippen LogP contribution in [0, 0.1) is 11.7 Å². The van der Waals surface area contributed by atoms with Gasteiger partial charge in [-0.1, -0.05) is 17.7 Å². The van der Waals surface area contributed by atoms with E-state index in [9.17, 15) is 4.39 Å². The predicted octanol–water partition coefficient (Wildman–Crippen LogP) is 3.06. The summed E-state index contributed by atoms with van der Waals surface area (Å²) in [4.78, 5) is 0. The van der Waals surface area contributed by atoms with Crippen molar-refractivity contribution < 1.29 is 4.39 Å². The zero-order chi connectivity index (χ0) is 10.3. The molecule has 14 heavy (non-hydrogen) atoms. The Hall–Kier alpha value is -0.600. The summed E-state index contributed by atoms with van der Waals surface area (Å²) in [5, 5.41) is 0.153. The molecule has 1 saturated carbocycles. The molecule has 0 aliphatic heterocycles. The van der Waals surface area contributed by atoms with Crippen molar-refractivity contribution in [3.8, 4) is 0 Å². The van der Waals surface area contributed by atoms with Crippen molar-refractivity contribution in [2.75, 3.05) is 0 Å². The van der Waals surface area contributed by atoms with Crippen LogP contribution in [0.1, 0.15) is 25.3 Å². The van der Waals surface area contributed by atoms with E-state index < -0.39 is 5.54 Å². The predicted molar refractivity (Wildman–Crippen MR) is 55.7 cm³/mol. The third-order valence-corrected chi connectivity index (χ3v) is 3.27. The fourth-order valence-electron chi connectivity index (χ4n) is 1.75. The second-order valence-corrected chi connectivity index (χ2v) is 4.59. The Morgan fingerprint density at radius 2 is 2.14 bits per heavy atom. The molecule has 1 atom stereocenters. The molecule has 76 valence electrons. The quantitative estimate of drug-likeness (QED) is 0.803. The lowest BCUT2D eigenvalue weighted by molar-refractivity contribution is 0.424. The Kier molecular flexibility index (Phi) is 2.28. The fourth-order valence-corrected chi connectivity index (χ4v) is 1.87.